The third-order valence-electron chi connectivity index (χ3n) is 5.39. The predicted octanol–water partition coefficient (Wildman–Crippen LogP) is 6.26. The zero-order valence-corrected chi connectivity index (χ0v) is 18.7. The van der Waals surface area contributed by atoms with E-state index in [4.69, 9.17) is 14.7 Å². The van der Waals surface area contributed by atoms with Gasteiger partial charge in [-0.3, -0.25) is 0 Å². The van der Waals surface area contributed by atoms with Crippen molar-refractivity contribution in [3.05, 3.63) is 113 Å². The fourth-order valence-corrected chi connectivity index (χ4v) is 3.50. The molecule has 4 aromatic rings. The van der Waals surface area contributed by atoms with Crippen LogP contribution >= 0.6 is 0 Å². The Labute approximate surface area is 197 Å². The number of hydrogen-bond donors (Lipinski definition) is 0. The molecule has 0 amide bonds. The second-order valence-electron chi connectivity index (χ2n) is 7.58. The fraction of sp³-hybridized carbons (Fsp3) is 0.107. The summed E-state index contributed by atoms with van der Waals surface area (Å²) in [6.07, 6.45) is 3.15. The smallest absolute Gasteiger partial charge is 0.320 e. The van der Waals surface area contributed by atoms with Crippen LogP contribution in [0.15, 0.2) is 79.5 Å². The Morgan fingerprint density at radius 1 is 1.03 bits per heavy atom. The monoisotopic (exact) mass is 451 g/mol. The van der Waals surface area contributed by atoms with E-state index in [9.17, 15) is 4.39 Å². The van der Waals surface area contributed by atoms with Gasteiger partial charge in [0.15, 0.2) is 0 Å². The molecule has 0 spiro atoms. The molecule has 0 saturated carbocycles. The van der Waals surface area contributed by atoms with Gasteiger partial charge in [0, 0.05) is 6.20 Å². The maximum Gasteiger partial charge on any atom is 0.320 e. The van der Waals surface area contributed by atoms with Gasteiger partial charge in [-0.25, -0.2) is 9.37 Å². The van der Waals surface area contributed by atoms with Crippen LogP contribution in [0.4, 0.5) is 4.39 Å². The fourth-order valence-electron chi connectivity index (χ4n) is 3.50. The highest BCUT2D eigenvalue weighted by Crippen LogP contribution is 2.27. The Morgan fingerprint density at radius 2 is 1.85 bits per heavy atom. The van der Waals surface area contributed by atoms with Crippen LogP contribution < -0.4 is 9.47 Å². The predicted molar refractivity (Wildman–Crippen MR) is 129 cm³/mol. The van der Waals surface area contributed by atoms with Crippen LogP contribution in [0.5, 0.6) is 11.9 Å². The first kappa shape index (κ1) is 22.7. The van der Waals surface area contributed by atoms with E-state index >= 15 is 0 Å². The lowest BCUT2D eigenvalue weighted by molar-refractivity contribution is 0.257. The summed E-state index contributed by atoms with van der Waals surface area (Å²) in [6.45, 7) is 6.23. The molecular formula is C28H22FN3O2. The largest absolute Gasteiger partial charge is 0.472 e. The summed E-state index contributed by atoms with van der Waals surface area (Å²) in [5, 5.41) is 9.02. The van der Waals surface area contributed by atoms with E-state index < -0.39 is 5.82 Å². The third-order valence-corrected chi connectivity index (χ3v) is 5.39. The lowest BCUT2D eigenvalue weighted by atomic mass is 9.97. The maximum atomic E-state index is 13.6. The van der Waals surface area contributed by atoms with Gasteiger partial charge < -0.3 is 9.47 Å². The number of nitrogens with zero attached hydrogens (tertiary/aromatic N) is 3. The molecule has 0 unspecified atom stereocenters. The first-order valence-electron chi connectivity index (χ1n) is 10.7. The molecular weight excluding hydrogens is 429 g/mol. The highest BCUT2D eigenvalue weighted by atomic mass is 19.1. The van der Waals surface area contributed by atoms with Crippen LogP contribution in [-0.2, 0) is 13.2 Å². The number of nitriles is 1. The second kappa shape index (κ2) is 10.4. The molecule has 0 bridgehead atoms. The molecule has 1 aromatic heterocycles. The van der Waals surface area contributed by atoms with Crippen molar-refractivity contribution in [2.24, 2.45) is 0 Å². The van der Waals surface area contributed by atoms with E-state index in [1.165, 1.54) is 12.1 Å². The lowest BCUT2D eigenvalue weighted by Crippen LogP contribution is -2.05. The second-order valence-corrected chi connectivity index (χ2v) is 7.58. The van der Waals surface area contributed by atoms with Gasteiger partial charge in [-0.2, -0.15) is 10.2 Å². The molecule has 0 radical (unpaired) electrons. The molecule has 0 aliphatic carbocycles. The molecule has 6 heteroatoms. The van der Waals surface area contributed by atoms with Crippen LogP contribution in [0.25, 0.3) is 17.2 Å². The highest BCUT2D eigenvalue weighted by Gasteiger charge is 2.11. The molecule has 0 fully saturated rings. The Bertz CT molecular complexity index is 1360. The van der Waals surface area contributed by atoms with E-state index in [1.807, 2.05) is 36.4 Å². The Morgan fingerprint density at radius 3 is 2.62 bits per heavy atom. The van der Waals surface area contributed by atoms with Crippen molar-refractivity contribution in [2.75, 3.05) is 0 Å². The van der Waals surface area contributed by atoms with Gasteiger partial charge in [0.05, 0.1) is 11.1 Å². The standard InChI is InChI=1S/C28H22FN3O2/c1-3-21-16-31-28(32-27(21)33-17-20-12-13-26(29)24(14-20)15-30)34-18-23-10-7-11-25(19(23)2)22-8-5-4-6-9-22/h3-14,16H,1,17-18H2,2H3. The van der Waals surface area contributed by atoms with Crippen molar-refractivity contribution in [1.82, 2.24) is 9.97 Å². The summed E-state index contributed by atoms with van der Waals surface area (Å²) in [5.41, 5.74) is 5.63. The van der Waals surface area contributed by atoms with Crippen molar-refractivity contribution in [3.63, 3.8) is 0 Å². The lowest BCUT2D eigenvalue weighted by Gasteiger charge is -2.13. The minimum atomic E-state index is -0.567. The van der Waals surface area contributed by atoms with Crippen LogP contribution in [0.1, 0.15) is 27.8 Å². The molecule has 34 heavy (non-hydrogen) atoms. The summed E-state index contributed by atoms with van der Waals surface area (Å²) >= 11 is 0. The van der Waals surface area contributed by atoms with Gasteiger partial charge in [-0.05, 0) is 46.9 Å². The molecule has 0 aliphatic rings. The summed E-state index contributed by atoms with van der Waals surface area (Å²) in [6, 6.07) is 22.5. The van der Waals surface area contributed by atoms with Crippen molar-refractivity contribution in [1.29, 1.82) is 5.26 Å². The first-order valence-corrected chi connectivity index (χ1v) is 10.7. The van der Waals surface area contributed by atoms with Crippen molar-refractivity contribution in [2.45, 2.75) is 20.1 Å². The molecule has 0 aliphatic heterocycles. The van der Waals surface area contributed by atoms with E-state index in [0.29, 0.717) is 17.7 Å². The van der Waals surface area contributed by atoms with Crippen LogP contribution in [0.2, 0.25) is 0 Å². The third kappa shape index (κ3) is 5.11. The molecule has 1 heterocycles. The SMILES string of the molecule is C=Cc1cnc(OCc2cccc(-c3ccccc3)c2C)nc1OCc1ccc(F)c(C#N)c1. The highest BCUT2D eigenvalue weighted by molar-refractivity contribution is 5.68. The molecule has 4 rings (SSSR count). The average molecular weight is 452 g/mol. The van der Waals surface area contributed by atoms with Gasteiger partial charge >= 0.3 is 6.01 Å². The molecule has 0 saturated heterocycles. The van der Waals surface area contributed by atoms with Crippen molar-refractivity contribution in [3.8, 4) is 29.1 Å². The van der Waals surface area contributed by atoms with Crippen LogP contribution in [0, 0.1) is 24.1 Å². The number of halogens is 1. The molecule has 5 nitrogen and oxygen atoms in total. The zero-order valence-electron chi connectivity index (χ0n) is 18.7. The van der Waals surface area contributed by atoms with Gasteiger partial charge in [0.25, 0.3) is 0 Å². The zero-order chi connectivity index (χ0) is 23.9. The minimum absolute atomic E-state index is 0.0372. The van der Waals surface area contributed by atoms with E-state index in [0.717, 1.165) is 22.3 Å². The van der Waals surface area contributed by atoms with Gasteiger partial charge in [0.1, 0.15) is 25.1 Å². The summed E-state index contributed by atoms with van der Waals surface area (Å²) < 4.78 is 25.3. The summed E-state index contributed by atoms with van der Waals surface area (Å²) in [7, 11) is 0. The Hall–Kier alpha value is -4.50. The van der Waals surface area contributed by atoms with Crippen LogP contribution in [-0.4, -0.2) is 9.97 Å². The summed E-state index contributed by atoms with van der Waals surface area (Å²) in [4.78, 5) is 8.63. The van der Waals surface area contributed by atoms with Crippen molar-refractivity contribution < 1.29 is 13.9 Å². The van der Waals surface area contributed by atoms with Gasteiger partial charge in [0.2, 0.25) is 5.88 Å². The topological polar surface area (TPSA) is 68.0 Å². The van der Waals surface area contributed by atoms with Crippen LogP contribution in [0.3, 0.4) is 0 Å². The molecule has 0 atom stereocenters. The molecule has 3 aromatic carbocycles. The number of ether oxygens (including phenoxy) is 2. The molecule has 168 valence electrons. The minimum Gasteiger partial charge on any atom is -0.472 e. The first-order chi connectivity index (χ1) is 16.6. The molecule has 0 N–H and O–H groups in total. The number of aromatic nitrogens is 2. The Kier molecular flexibility index (Phi) is 6.95. The normalized spacial score (nSPS) is 10.4. The number of hydrogen-bond acceptors (Lipinski definition) is 5. The Balaban J connectivity index is 1.49. The van der Waals surface area contributed by atoms with Gasteiger partial charge in [-0.1, -0.05) is 67.3 Å². The summed E-state index contributed by atoms with van der Waals surface area (Å²) in [5.74, 6) is -0.278. The van der Waals surface area contributed by atoms with Crippen molar-refractivity contribution >= 4 is 6.08 Å². The number of rotatable bonds is 8. The van der Waals surface area contributed by atoms with E-state index in [2.05, 4.69) is 41.7 Å². The quantitative estimate of drug-likeness (QED) is 0.316. The average Bonchev–Trinajstić information content (AvgIpc) is 2.88. The number of benzene rings is 3. The maximum absolute atomic E-state index is 13.6. The van der Waals surface area contributed by atoms with Gasteiger partial charge in [-0.15, -0.1) is 0 Å². The van der Waals surface area contributed by atoms with E-state index in [-0.39, 0.29) is 24.1 Å². The van der Waals surface area contributed by atoms with E-state index in [1.54, 1.807) is 18.3 Å².